The van der Waals surface area contributed by atoms with Crippen molar-refractivity contribution in [3.8, 4) is 0 Å². The smallest absolute Gasteiger partial charge is 0.0704 e. The van der Waals surface area contributed by atoms with E-state index in [-0.39, 0.29) is 6.04 Å². The molecule has 2 atom stereocenters. The molecule has 0 heterocycles. The Morgan fingerprint density at radius 2 is 1.42 bits per heavy atom. The van der Waals surface area contributed by atoms with E-state index in [4.69, 9.17) is 5.73 Å². The summed E-state index contributed by atoms with van der Waals surface area (Å²) in [5, 5.41) is 14.4. The van der Waals surface area contributed by atoms with Gasteiger partial charge in [-0.25, -0.2) is 0 Å². The molecule has 0 aromatic heterocycles. The fourth-order valence-electron chi connectivity index (χ4n) is 2.44. The Kier molecular flexibility index (Phi) is 2.97. The minimum atomic E-state index is -0.544. The van der Waals surface area contributed by atoms with Gasteiger partial charge in [-0.3, -0.25) is 0 Å². The lowest BCUT2D eigenvalue weighted by Gasteiger charge is -2.15. The molecule has 0 radical (unpaired) electrons. The van der Waals surface area contributed by atoms with Crippen LogP contribution in [0.2, 0.25) is 0 Å². The second-order valence-corrected chi connectivity index (χ2v) is 5.07. The Labute approximate surface area is 112 Å². The molecule has 0 bridgehead atoms. The highest BCUT2D eigenvalue weighted by molar-refractivity contribution is 5.98. The number of benzene rings is 3. The first-order valence-corrected chi connectivity index (χ1v) is 6.51. The standard InChI is InChI=1S/C17H17NO/c1-11(19)17(18)15-7-6-14-8-12-4-2-3-5-13(12)9-16(14)10-15/h2-11,17,19H,18H2,1H3/t11-,17+/m1/s1. The van der Waals surface area contributed by atoms with Crippen molar-refractivity contribution < 1.29 is 5.11 Å². The van der Waals surface area contributed by atoms with E-state index in [1.807, 2.05) is 18.2 Å². The minimum absolute atomic E-state index is 0.337. The highest BCUT2D eigenvalue weighted by Gasteiger charge is 2.12. The van der Waals surface area contributed by atoms with Crippen molar-refractivity contribution in [1.29, 1.82) is 0 Å². The Morgan fingerprint density at radius 1 is 0.842 bits per heavy atom. The predicted molar refractivity (Wildman–Crippen MR) is 80.1 cm³/mol. The van der Waals surface area contributed by atoms with E-state index in [1.54, 1.807) is 6.92 Å². The van der Waals surface area contributed by atoms with Crippen molar-refractivity contribution in [3.63, 3.8) is 0 Å². The maximum absolute atomic E-state index is 9.59. The van der Waals surface area contributed by atoms with Crippen molar-refractivity contribution in [1.82, 2.24) is 0 Å². The zero-order chi connectivity index (χ0) is 13.4. The summed E-state index contributed by atoms with van der Waals surface area (Å²) in [6.07, 6.45) is -0.544. The van der Waals surface area contributed by atoms with Crippen molar-refractivity contribution in [2.24, 2.45) is 5.73 Å². The highest BCUT2D eigenvalue weighted by Crippen LogP contribution is 2.26. The van der Waals surface area contributed by atoms with Crippen molar-refractivity contribution in [3.05, 3.63) is 60.2 Å². The Balaban J connectivity index is 2.19. The summed E-state index contributed by atoms with van der Waals surface area (Å²) in [6, 6.07) is 18.5. The molecule has 0 aliphatic heterocycles. The van der Waals surface area contributed by atoms with Crippen LogP contribution < -0.4 is 5.73 Å². The number of hydrogen-bond acceptors (Lipinski definition) is 2. The second kappa shape index (κ2) is 4.65. The summed E-state index contributed by atoms with van der Waals surface area (Å²) in [5.41, 5.74) is 6.96. The van der Waals surface area contributed by atoms with Gasteiger partial charge in [0.25, 0.3) is 0 Å². The summed E-state index contributed by atoms with van der Waals surface area (Å²) >= 11 is 0. The summed E-state index contributed by atoms with van der Waals surface area (Å²) < 4.78 is 0. The Morgan fingerprint density at radius 3 is 2.05 bits per heavy atom. The number of rotatable bonds is 2. The molecule has 3 aromatic rings. The van der Waals surface area contributed by atoms with Crippen LogP contribution in [0.4, 0.5) is 0 Å². The molecule has 0 aliphatic carbocycles. The topological polar surface area (TPSA) is 46.2 Å². The average Bonchev–Trinajstić information content (AvgIpc) is 2.43. The van der Waals surface area contributed by atoms with Gasteiger partial charge in [-0.1, -0.05) is 36.4 Å². The molecule has 3 rings (SSSR count). The molecule has 3 N–H and O–H groups in total. The number of aliphatic hydroxyl groups is 1. The monoisotopic (exact) mass is 251 g/mol. The van der Waals surface area contributed by atoms with E-state index >= 15 is 0 Å². The second-order valence-electron chi connectivity index (χ2n) is 5.07. The molecular weight excluding hydrogens is 234 g/mol. The summed E-state index contributed by atoms with van der Waals surface area (Å²) in [6.45, 7) is 1.72. The quantitative estimate of drug-likeness (QED) is 0.686. The van der Waals surface area contributed by atoms with Crippen LogP contribution in [-0.2, 0) is 0 Å². The Hall–Kier alpha value is -1.90. The van der Waals surface area contributed by atoms with Gasteiger partial charge in [0, 0.05) is 0 Å². The van der Waals surface area contributed by atoms with Gasteiger partial charge >= 0.3 is 0 Å². The molecule has 2 heteroatoms. The summed E-state index contributed by atoms with van der Waals surface area (Å²) in [4.78, 5) is 0. The SMILES string of the molecule is C[C@@H](O)[C@H](N)c1ccc2cc3ccccc3cc2c1. The molecule has 19 heavy (non-hydrogen) atoms. The molecule has 2 nitrogen and oxygen atoms in total. The lowest BCUT2D eigenvalue weighted by Crippen LogP contribution is -2.22. The summed E-state index contributed by atoms with van der Waals surface area (Å²) in [5.74, 6) is 0. The number of fused-ring (bicyclic) bond motifs is 2. The molecule has 0 fully saturated rings. The molecule has 96 valence electrons. The van der Waals surface area contributed by atoms with Crippen LogP contribution in [0.3, 0.4) is 0 Å². The highest BCUT2D eigenvalue weighted by atomic mass is 16.3. The van der Waals surface area contributed by atoms with Crippen molar-refractivity contribution in [2.45, 2.75) is 19.1 Å². The average molecular weight is 251 g/mol. The van der Waals surface area contributed by atoms with Gasteiger partial charge in [-0.15, -0.1) is 0 Å². The fourth-order valence-corrected chi connectivity index (χ4v) is 2.44. The first kappa shape index (κ1) is 12.2. The molecule has 0 unspecified atom stereocenters. The van der Waals surface area contributed by atoms with Crippen molar-refractivity contribution in [2.75, 3.05) is 0 Å². The predicted octanol–water partition coefficient (Wildman–Crippen LogP) is 3.37. The van der Waals surface area contributed by atoms with Crippen molar-refractivity contribution >= 4 is 21.5 Å². The zero-order valence-corrected chi connectivity index (χ0v) is 10.9. The molecule has 0 saturated carbocycles. The van der Waals surface area contributed by atoms with E-state index in [0.29, 0.717) is 0 Å². The maximum atomic E-state index is 9.59. The summed E-state index contributed by atoms with van der Waals surface area (Å²) in [7, 11) is 0. The number of hydrogen-bond donors (Lipinski definition) is 2. The van der Waals surface area contributed by atoms with E-state index in [1.165, 1.54) is 16.2 Å². The lowest BCUT2D eigenvalue weighted by molar-refractivity contribution is 0.164. The normalized spacial score (nSPS) is 14.7. The van der Waals surface area contributed by atoms with Gasteiger partial charge in [-0.05, 0) is 52.2 Å². The van der Waals surface area contributed by atoms with Gasteiger partial charge in [0.1, 0.15) is 0 Å². The third kappa shape index (κ3) is 2.21. The number of nitrogens with two attached hydrogens (primary N) is 1. The van der Waals surface area contributed by atoms with E-state index in [0.717, 1.165) is 10.9 Å². The van der Waals surface area contributed by atoms with Gasteiger partial charge in [0.05, 0.1) is 12.1 Å². The molecular formula is C17H17NO. The van der Waals surface area contributed by atoms with Crippen LogP contribution in [0.1, 0.15) is 18.5 Å². The van der Waals surface area contributed by atoms with Gasteiger partial charge < -0.3 is 10.8 Å². The Bertz CT molecular complexity index is 733. The van der Waals surface area contributed by atoms with Crippen LogP contribution in [0.15, 0.2) is 54.6 Å². The maximum Gasteiger partial charge on any atom is 0.0704 e. The molecule has 0 amide bonds. The van der Waals surface area contributed by atoms with Crippen LogP contribution in [0.25, 0.3) is 21.5 Å². The van der Waals surface area contributed by atoms with E-state index in [2.05, 4.69) is 36.4 Å². The first-order valence-electron chi connectivity index (χ1n) is 6.51. The number of aliphatic hydroxyl groups excluding tert-OH is 1. The lowest BCUT2D eigenvalue weighted by atomic mass is 9.97. The third-order valence-electron chi connectivity index (χ3n) is 3.63. The van der Waals surface area contributed by atoms with E-state index in [9.17, 15) is 5.11 Å². The van der Waals surface area contributed by atoms with Gasteiger partial charge in [0.2, 0.25) is 0 Å². The third-order valence-corrected chi connectivity index (χ3v) is 3.63. The van der Waals surface area contributed by atoms with Crippen LogP contribution in [0.5, 0.6) is 0 Å². The van der Waals surface area contributed by atoms with Crippen LogP contribution in [-0.4, -0.2) is 11.2 Å². The van der Waals surface area contributed by atoms with Crippen LogP contribution >= 0.6 is 0 Å². The minimum Gasteiger partial charge on any atom is -0.391 e. The van der Waals surface area contributed by atoms with Gasteiger partial charge in [0.15, 0.2) is 0 Å². The largest absolute Gasteiger partial charge is 0.391 e. The first-order chi connectivity index (χ1) is 9.15. The molecule has 0 saturated heterocycles. The zero-order valence-electron chi connectivity index (χ0n) is 10.9. The fraction of sp³-hybridized carbons (Fsp3) is 0.176. The van der Waals surface area contributed by atoms with Gasteiger partial charge in [-0.2, -0.15) is 0 Å². The molecule has 0 aliphatic rings. The molecule has 0 spiro atoms. The molecule has 3 aromatic carbocycles. The van der Waals surface area contributed by atoms with Crippen LogP contribution in [0, 0.1) is 0 Å². The van der Waals surface area contributed by atoms with E-state index < -0.39 is 6.10 Å².